The van der Waals surface area contributed by atoms with Crippen LogP contribution in [0.1, 0.15) is 34.6 Å². The van der Waals surface area contributed by atoms with Crippen LogP contribution >= 0.6 is 11.6 Å². The first-order valence-corrected chi connectivity index (χ1v) is 9.07. The van der Waals surface area contributed by atoms with Crippen LogP contribution in [0.2, 0.25) is 5.02 Å². The summed E-state index contributed by atoms with van der Waals surface area (Å²) in [4.78, 5) is 19.3. The first-order valence-electron chi connectivity index (χ1n) is 8.69. The van der Waals surface area contributed by atoms with Crippen LogP contribution in [-0.2, 0) is 6.42 Å². The van der Waals surface area contributed by atoms with Gasteiger partial charge in [-0.1, -0.05) is 41.9 Å². The van der Waals surface area contributed by atoms with E-state index in [9.17, 15) is 4.79 Å². The second-order valence-electron chi connectivity index (χ2n) is 6.30. The zero-order chi connectivity index (χ0) is 18.1. The van der Waals surface area contributed by atoms with Crippen LogP contribution in [0.4, 0.5) is 0 Å². The highest BCUT2D eigenvalue weighted by atomic mass is 35.5. The molecule has 3 heterocycles. The Kier molecular flexibility index (Phi) is 4.61. The van der Waals surface area contributed by atoms with Crippen molar-refractivity contribution in [3.05, 3.63) is 58.4 Å². The lowest BCUT2D eigenvalue weighted by Gasteiger charge is -2.37. The van der Waals surface area contributed by atoms with Crippen molar-refractivity contribution in [2.24, 2.45) is 0 Å². The van der Waals surface area contributed by atoms with Crippen molar-refractivity contribution in [1.82, 2.24) is 20.4 Å². The largest absolute Gasteiger partial charge is 0.336 e. The predicted molar refractivity (Wildman–Crippen MR) is 99.3 cm³/mol. The van der Waals surface area contributed by atoms with Gasteiger partial charge in [-0.05, 0) is 24.1 Å². The zero-order valence-electron chi connectivity index (χ0n) is 14.4. The minimum absolute atomic E-state index is 0.0610. The van der Waals surface area contributed by atoms with Gasteiger partial charge in [-0.2, -0.15) is 0 Å². The number of carbonyl (C=O) groups is 1. The average Bonchev–Trinajstić information content (AvgIpc) is 3.10. The summed E-state index contributed by atoms with van der Waals surface area (Å²) in [5, 5.41) is 8.82. The Morgan fingerprint density at radius 1 is 1.42 bits per heavy atom. The van der Waals surface area contributed by atoms with Crippen LogP contribution in [0.5, 0.6) is 0 Å². The number of piperazine rings is 1. The second kappa shape index (κ2) is 7.05. The van der Waals surface area contributed by atoms with Gasteiger partial charge in [-0.25, -0.2) is 4.98 Å². The maximum absolute atomic E-state index is 13.2. The summed E-state index contributed by atoms with van der Waals surface area (Å²) in [7, 11) is 0. The van der Waals surface area contributed by atoms with E-state index in [1.54, 1.807) is 6.20 Å². The summed E-state index contributed by atoms with van der Waals surface area (Å²) in [6.45, 7) is 4.01. The van der Waals surface area contributed by atoms with Gasteiger partial charge in [-0.3, -0.25) is 4.79 Å². The molecule has 1 aliphatic rings. The van der Waals surface area contributed by atoms with E-state index in [2.05, 4.69) is 15.5 Å². The van der Waals surface area contributed by atoms with E-state index < -0.39 is 0 Å². The number of halogens is 1. The fourth-order valence-corrected chi connectivity index (χ4v) is 3.65. The number of nitrogens with zero attached hydrogens (tertiary/aromatic N) is 3. The molecule has 1 amide bonds. The average molecular weight is 371 g/mol. The standard InChI is InChI=1S/C19H19ClN4O2/c1-2-16-14-9-12(10-22-18(14)26-23-16)19(25)24-8-7-21-11-17(24)13-5-3-4-6-15(13)20/h3-6,9-10,17,21H,2,7-8,11H2,1H3. The number of benzene rings is 1. The number of amides is 1. The van der Waals surface area contributed by atoms with Gasteiger partial charge in [0.1, 0.15) is 0 Å². The Bertz CT molecular complexity index is 956. The zero-order valence-corrected chi connectivity index (χ0v) is 15.2. The highest BCUT2D eigenvalue weighted by Gasteiger charge is 2.30. The lowest BCUT2D eigenvalue weighted by molar-refractivity contribution is 0.0634. The van der Waals surface area contributed by atoms with Crippen molar-refractivity contribution in [3.8, 4) is 0 Å². The van der Waals surface area contributed by atoms with Crippen LogP contribution in [0.15, 0.2) is 41.1 Å². The molecule has 4 rings (SSSR count). The van der Waals surface area contributed by atoms with Crippen molar-refractivity contribution >= 4 is 28.6 Å². The maximum atomic E-state index is 13.2. The highest BCUT2D eigenvalue weighted by molar-refractivity contribution is 6.31. The van der Waals surface area contributed by atoms with E-state index in [1.807, 2.05) is 42.2 Å². The second-order valence-corrected chi connectivity index (χ2v) is 6.71. The monoisotopic (exact) mass is 370 g/mol. The van der Waals surface area contributed by atoms with Gasteiger partial charge in [0, 0.05) is 30.9 Å². The molecule has 1 fully saturated rings. The molecule has 0 aliphatic carbocycles. The van der Waals surface area contributed by atoms with Crippen molar-refractivity contribution in [1.29, 1.82) is 0 Å². The van der Waals surface area contributed by atoms with Gasteiger partial charge in [0.05, 0.1) is 22.7 Å². The first-order chi connectivity index (χ1) is 12.7. The number of aromatic nitrogens is 2. The fraction of sp³-hybridized carbons (Fsp3) is 0.316. The molecule has 1 unspecified atom stereocenters. The lowest BCUT2D eigenvalue weighted by atomic mass is 10.0. The van der Waals surface area contributed by atoms with Gasteiger partial charge >= 0.3 is 0 Å². The molecule has 2 aromatic heterocycles. The third kappa shape index (κ3) is 2.95. The predicted octanol–water partition coefficient (Wildman–Crippen LogP) is 3.23. The molecule has 0 radical (unpaired) electrons. The first kappa shape index (κ1) is 17.0. The Labute approximate surface area is 156 Å². The number of carbonyl (C=O) groups excluding carboxylic acids is 1. The normalized spacial score (nSPS) is 17.6. The van der Waals surface area contributed by atoms with Gasteiger partial charge < -0.3 is 14.7 Å². The Hall–Kier alpha value is -2.44. The molecule has 6 nitrogen and oxygen atoms in total. The van der Waals surface area contributed by atoms with Crippen LogP contribution in [0.25, 0.3) is 11.1 Å². The van der Waals surface area contributed by atoms with E-state index in [1.165, 1.54) is 0 Å². The van der Waals surface area contributed by atoms with Crippen molar-refractivity contribution in [2.45, 2.75) is 19.4 Å². The molecule has 1 saturated heterocycles. The molecule has 7 heteroatoms. The number of rotatable bonds is 3. The third-order valence-electron chi connectivity index (χ3n) is 4.75. The molecule has 0 saturated carbocycles. The molecule has 1 atom stereocenters. The lowest BCUT2D eigenvalue weighted by Crippen LogP contribution is -2.48. The van der Waals surface area contributed by atoms with Crippen LogP contribution in [0.3, 0.4) is 0 Å². The van der Waals surface area contributed by atoms with Gasteiger partial charge in [0.25, 0.3) is 11.6 Å². The summed E-state index contributed by atoms with van der Waals surface area (Å²) in [5.74, 6) is -0.0610. The Balaban J connectivity index is 1.70. The van der Waals surface area contributed by atoms with E-state index in [4.69, 9.17) is 16.1 Å². The Morgan fingerprint density at radius 2 is 2.27 bits per heavy atom. The smallest absolute Gasteiger partial charge is 0.257 e. The number of pyridine rings is 1. The van der Waals surface area contributed by atoms with E-state index in [0.717, 1.165) is 29.6 Å². The number of hydrogen-bond donors (Lipinski definition) is 1. The maximum Gasteiger partial charge on any atom is 0.257 e. The minimum atomic E-state index is -0.117. The quantitative estimate of drug-likeness (QED) is 0.766. The molecule has 0 spiro atoms. The van der Waals surface area contributed by atoms with E-state index >= 15 is 0 Å². The molecule has 0 bridgehead atoms. The Morgan fingerprint density at radius 3 is 3.08 bits per heavy atom. The molecule has 26 heavy (non-hydrogen) atoms. The number of aryl methyl sites for hydroxylation is 1. The molecule has 1 aliphatic heterocycles. The molecule has 1 N–H and O–H groups in total. The van der Waals surface area contributed by atoms with Gasteiger partial charge in [0.2, 0.25) is 0 Å². The van der Waals surface area contributed by atoms with Crippen LogP contribution < -0.4 is 5.32 Å². The number of nitrogens with one attached hydrogen (secondary N) is 1. The number of fused-ring (bicyclic) bond motifs is 1. The molecule has 1 aromatic carbocycles. The molecular formula is C19H19ClN4O2. The summed E-state index contributed by atoms with van der Waals surface area (Å²) in [6.07, 6.45) is 2.28. The summed E-state index contributed by atoms with van der Waals surface area (Å²) in [6, 6.07) is 9.37. The fourth-order valence-electron chi connectivity index (χ4n) is 3.39. The van der Waals surface area contributed by atoms with E-state index in [-0.39, 0.29) is 11.9 Å². The molecular weight excluding hydrogens is 352 g/mol. The van der Waals surface area contributed by atoms with Crippen molar-refractivity contribution in [3.63, 3.8) is 0 Å². The molecule has 134 valence electrons. The summed E-state index contributed by atoms with van der Waals surface area (Å²) < 4.78 is 5.21. The van der Waals surface area contributed by atoms with Gasteiger partial charge in [-0.15, -0.1) is 0 Å². The summed E-state index contributed by atoms with van der Waals surface area (Å²) >= 11 is 6.38. The number of hydrogen-bond acceptors (Lipinski definition) is 5. The van der Waals surface area contributed by atoms with Crippen molar-refractivity contribution in [2.75, 3.05) is 19.6 Å². The molecule has 3 aromatic rings. The topological polar surface area (TPSA) is 71.3 Å². The van der Waals surface area contributed by atoms with Crippen molar-refractivity contribution < 1.29 is 9.32 Å². The third-order valence-corrected chi connectivity index (χ3v) is 5.10. The summed E-state index contributed by atoms with van der Waals surface area (Å²) in [5.41, 5.74) is 2.75. The van der Waals surface area contributed by atoms with E-state index in [0.29, 0.717) is 29.4 Å². The van der Waals surface area contributed by atoms with Crippen LogP contribution in [-0.4, -0.2) is 40.6 Å². The highest BCUT2D eigenvalue weighted by Crippen LogP contribution is 2.30. The SMILES string of the molecule is CCc1noc2ncc(C(=O)N3CCNCC3c3ccccc3Cl)cc12. The van der Waals surface area contributed by atoms with Gasteiger partial charge in [0.15, 0.2) is 0 Å². The minimum Gasteiger partial charge on any atom is -0.336 e. The van der Waals surface area contributed by atoms with Crippen LogP contribution in [0, 0.1) is 0 Å².